The Morgan fingerprint density at radius 2 is 0.942 bits per heavy atom. The van der Waals surface area contributed by atoms with Gasteiger partial charge in [0.2, 0.25) is 5.91 Å². The number of nitrogens with one attached hydrogen (secondary N) is 1. The van der Waals surface area contributed by atoms with Gasteiger partial charge in [-0.15, -0.1) is 23.5 Å². The topological polar surface area (TPSA) is 177 Å². The zero-order valence-corrected chi connectivity index (χ0v) is 42.2. The number of nitrogen functional groups attached to an aromatic ring is 1. The Balaban J connectivity index is 0.000000250. The number of aliphatic carboxylic acids is 1. The summed E-state index contributed by atoms with van der Waals surface area (Å²) in [5.41, 5.74) is 9.87. The van der Waals surface area contributed by atoms with Crippen molar-refractivity contribution in [1.29, 1.82) is 0 Å². The summed E-state index contributed by atoms with van der Waals surface area (Å²) in [6.45, 7) is 10.6. The van der Waals surface area contributed by atoms with Crippen molar-refractivity contribution in [2.24, 2.45) is 0 Å². The number of pyridine rings is 2. The van der Waals surface area contributed by atoms with E-state index in [0.717, 1.165) is 37.6 Å². The molecule has 3 amide bonds. The van der Waals surface area contributed by atoms with Gasteiger partial charge in [0.1, 0.15) is 23.3 Å². The van der Waals surface area contributed by atoms with E-state index in [0.29, 0.717) is 17.8 Å². The number of nitrogens with zero attached hydrogens (tertiary/aromatic N) is 4. The second-order valence-electron chi connectivity index (χ2n) is 17.8. The molecular formula is C54H64N6O7S2. The van der Waals surface area contributed by atoms with Crippen molar-refractivity contribution in [1.82, 2.24) is 19.8 Å². The zero-order chi connectivity index (χ0) is 50.4. The van der Waals surface area contributed by atoms with Crippen LogP contribution in [0.5, 0.6) is 0 Å². The minimum Gasteiger partial charge on any atom is -0.480 e. The number of likely N-dealkylation sites (N-methyl/N-ethyl adjacent to an activating group) is 2. The first-order chi connectivity index (χ1) is 32.8. The van der Waals surface area contributed by atoms with Crippen molar-refractivity contribution in [3.05, 3.63) is 180 Å². The first kappa shape index (κ1) is 54.8. The van der Waals surface area contributed by atoms with Crippen LogP contribution in [0.25, 0.3) is 0 Å². The Hall–Kier alpha value is -6.84. The molecule has 0 spiro atoms. The lowest BCUT2D eigenvalue weighted by molar-refractivity contribution is -0.142. The van der Waals surface area contributed by atoms with Gasteiger partial charge < -0.3 is 25.6 Å². The van der Waals surface area contributed by atoms with Gasteiger partial charge in [-0.05, 0) is 88.1 Å². The lowest BCUT2D eigenvalue weighted by Gasteiger charge is -2.30. The van der Waals surface area contributed by atoms with E-state index in [9.17, 15) is 24.3 Å². The largest absolute Gasteiger partial charge is 0.480 e. The van der Waals surface area contributed by atoms with Crippen LogP contribution in [-0.2, 0) is 43.4 Å². The molecule has 0 bridgehead atoms. The number of anilines is 2. The van der Waals surface area contributed by atoms with Crippen molar-refractivity contribution in [3.8, 4) is 0 Å². The van der Waals surface area contributed by atoms with E-state index in [1.165, 1.54) is 23.1 Å². The number of aromatic nitrogens is 2. The summed E-state index contributed by atoms with van der Waals surface area (Å²) < 4.78 is 10.7. The maximum Gasteiger partial charge on any atom is 0.410 e. The van der Waals surface area contributed by atoms with E-state index in [1.807, 2.05) is 121 Å². The standard InChI is InChI=1S/C27H31N3O3S.C15H21NO4.C12H12N2S/c1-27(2,3)33-26(32)30(4)23(17-20-11-7-5-8-12-20)25(31)29-22-15-16-24(28-18-22)34-19-21-13-9-6-10-14-21;1-15(2,3)20-14(19)16(4)12(13(17)18)10-11-8-6-5-7-9-11;13-11-6-7-12(14-8-11)15-9-10-4-2-1-3-5-10/h5-16,18,23H,17,19H2,1-4H3,(H,29,31);5-9,12H,10H2,1-4H3,(H,17,18);1-8H,9,13H2/t23-;12-;/m00./s1. The molecule has 0 aliphatic carbocycles. The normalized spacial score (nSPS) is 11.8. The van der Waals surface area contributed by atoms with Gasteiger partial charge in [-0.3, -0.25) is 14.6 Å². The van der Waals surface area contributed by atoms with E-state index >= 15 is 0 Å². The highest BCUT2D eigenvalue weighted by Crippen LogP contribution is 2.24. The Morgan fingerprint density at radius 3 is 1.30 bits per heavy atom. The lowest BCUT2D eigenvalue weighted by atomic mass is 10.0. The maximum atomic E-state index is 13.2. The molecule has 2 heterocycles. The zero-order valence-electron chi connectivity index (χ0n) is 40.6. The number of carboxylic acid groups (broad SMARTS) is 1. The predicted molar refractivity (Wildman–Crippen MR) is 277 cm³/mol. The summed E-state index contributed by atoms with van der Waals surface area (Å²) in [7, 11) is 3.03. The molecule has 0 unspecified atom stereocenters. The number of thioether (sulfide) groups is 2. The van der Waals surface area contributed by atoms with Crippen molar-refractivity contribution < 1.29 is 33.8 Å². The molecule has 0 saturated carbocycles. The fourth-order valence-electron chi connectivity index (χ4n) is 6.10. The smallest absolute Gasteiger partial charge is 0.410 e. The molecule has 6 aromatic rings. The average Bonchev–Trinajstić information content (AvgIpc) is 3.32. The number of carbonyl (C=O) groups is 4. The molecule has 0 fully saturated rings. The molecule has 364 valence electrons. The molecule has 2 aromatic heterocycles. The molecule has 0 aliphatic rings. The number of carbonyl (C=O) groups excluding carboxylic acids is 3. The Morgan fingerprint density at radius 1 is 0.565 bits per heavy atom. The van der Waals surface area contributed by atoms with Gasteiger partial charge in [-0.1, -0.05) is 121 Å². The van der Waals surface area contributed by atoms with Crippen LogP contribution in [0.3, 0.4) is 0 Å². The van der Waals surface area contributed by atoms with Gasteiger partial charge in [-0.2, -0.15) is 0 Å². The Labute approximate surface area is 415 Å². The fraction of sp³-hybridized carbons (Fsp3) is 0.296. The lowest BCUT2D eigenvalue weighted by Crippen LogP contribution is -2.48. The molecule has 4 aromatic carbocycles. The van der Waals surface area contributed by atoms with Crippen LogP contribution in [0, 0.1) is 0 Å². The highest BCUT2D eigenvalue weighted by molar-refractivity contribution is 7.98. The number of amides is 3. The number of ether oxygens (including phenoxy) is 2. The summed E-state index contributed by atoms with van der Waals surface area (Å²) in [4.78, 5) is 60.4. The summed E-state index contributed by atoms with van der Waals surface area (Å²) in [5.74, 6) is 0.405. The molecular weight excluding hydrogens is 909 g/mol. The molecule has 13 nitrogen and oxygen atoms in total. The molecule has 15 heteroatoms. The molecule has 4 N–H and O–H groups in total. The van der Waals surface area contributed by atoms with Crippen LogP contribution in [0.1, 0.15) is 63.8 Å². The van der Waals surface area contributed by atoms with E-state index in [2.05, 4.69) is 39.6 Å². The molecule has 2 atom stereocenters. The van der Waals surface area contributed by atoms with Gasteiger partial charge >= 0.3 is 18.2 Å². The molecule has 0 radical (unpaired) electrons. The van der Waals surface area contributed by atoms with Crippen LogP contribution in [-0.4, -0.2) is 86.3 Å². The fourth-order valence-corrected chi connectivity index (χ4v) is 7.69. The van der Waals surface area contributed by atoms with Crippen LogP contribution in [0.15, 0.2) is 168 Å². The second kappa shape index (κ2) is 27.2. The minimum absolute atomic E-state index is 0.242. The quantitative estimate of drug-likeness (QED) is 0.0831. The van der Waals surface area contributed by atoms with Crippen molar-refractivity contribution in [2.45, 2.75) is 99.2 Å². The minimum atomic E-state index is -1.05. The van der Waals surface area contributed by atoms with E-state index in [1.54, 1.807) is 84.5 Å². The van der Waals surface area contributed by atoms with Gasteiger partial charge in [-0.25, -0.2) is 24.4 Å². The summed E-state index contributed by atoms with van der Waals surface area (Å²) >= 11 is 3.35. The second-order valence-corrected chi connectivity index (χ2v) is 19.8. The SMILES string of the molecule is CN(C(=O)OC(C)(C)C)[C@@H](Cc1ccccc1)C(=O)Nc1ccc(SCc2ccccc2)nc1.CN(C(=O)OC(C)(C)C)[C@@H](Cc1ccccc1)C(=O)O.Nc1ccc(SCc2ccccc2)nc1. The van der Waals surface area contributed by atoms with E-state index in [4.69, 9.17) is 15.2 Å². The summed E-state index contributed by atoms with van der Waals surface area (Å²) in [6.07, 6.45) is 2.74. The number of carboxylic acids is 1. The van der Waals surface area contributed by atoms with Crippen LogP contribution in [0.4, 0.5) is 21.0 Å². The third-order valence-corrected chi connectivity index (χ3v) is 11.7. The molecule has 0 saturated heterocycles. The monoisotopic (exact) mass is 972 g/mol. The number of hydrogen-bond acceptors (Lipinski definition) is 11. The first-order valence-corrected chi connectivity index (χ1v) is 24.3. The van der Waals surface area contributed by atoms with Gasteiger partial charge in [0.25, 0.3) is 0 Å². The van der Waals surface area contributed by atoms with Gasteiger partial charge in [0.05, 0.1) is 33.8 Å². The predicted octanol–water partition coefficient (Wildman–Crippen LogP) is 11.3. The van der Waals surface area contributed by atoms with Gasteiger partial charge in [0.15, 0.2) is 0 Å². The summed E-state index contributed by atoms with van der Waals surface area (Å²) in [5, 5.41) is 14.1. The first-order valence-electron chi connectivity index (χ1n) is 22.3. The van der Waals surface area contributed by atoms with Crippen molar-refractivity contribution in [3.63, 3.8) is 0 Å². The average molecular weight is 973 g/mol. The number of benzene rings is 4. The van der Waals surface area contributed by atoms with Gasteiger partial charge in [0, 0.05) is 38.4 Å². The maximum absolute atomic E-state index is 13.2. The van der Waals surface area contributed by atoms with E-state index < -0.39 is 41.4 Å². The van der Waals surface area contributed by atoms with E-state index in [-0.39, 0.29) is 12.3 Å². The number of rotatable bonds is 15. The third kappa shape index (κ3) is 20.9. The highest BCUT2D eigenvalue weighted by Gasteiger charge is 2.32. The molecule has 69 heavy (non-hydrogen) atoms. The highest BCUT2D eigenvalue weighted by atomic mass is 32.2. The number of nitrogens with two attached hydrogens (primary N) is 1. The Bertz CT molecular complexity index is 2470. The van der Waals surface area contributed by atoms with Crippen LogP contribution < -0.4 is 11.1 Å². The Kier molecular flexibility index (Phi) is 21.6. The third-order valence-electron chi connectivity index (χ3n) is 9.65. The molecule has 0 aliphatic heterocycles. The molecule has 6 rings (SSSR count). The summed E-state index contributed by atoms with van der Waals surface area (Å²) in [6, 6.07) is 45.2. The van der Waals surface area contributed by atoms with Crippen molar-refractivity contribution >= 4 is 59.0 Å². The number of hydrogen-bond donors (Lipinski definition) is 3. The van der Waals surface area contributed by atoms with Crippen LogP contribution >= 0.6 is 23.5 Å². The van der Waals surface area contributed by atoms with Crippen LogP contribution in [0.2, 0.25) is 0 Å². The van der Waals surface area contributed by atoms with Crippen molar-refractivity contribution in [2.75, 3.05) is 25.1 Å².